The maximum Gasteiger partial charge on any atom is 0.275 e. The minimum absolute atomic E-state index is 0.0495. The molecule has 0 aliphatic rings. The summed E-state index contributed by atoms with van der Waals surface area (Å²) >= 11 is 1.73. The Labute approximate surface area is 177 Å². The number of amides is 1. The monoisotopic (exact) mass is 408 g/mol. The van der Waals surface area contributed by atoms with E-state index in [-0.39, 0.29) is 11.9 Å². The minimum Gasteiger partial charge on any atom is -0.378 e. The fraction of sp³-hybridized carbons (Fsp3) is 0.292. The Morgan fingerprint density at radius 1 is 1.03 bits per heavy atom. The van der Waals surface area contributed by atoms with Crippen molar-refractivity contribution < 1.29 is 10.1 Å². The van der Waals surface area contributed by atoms with Crippen molar-refractivity contribution in [2.24, 2.45) is 0 Å². The number of quaternary nitrogens is 1. The van der Waals surface area contributed by atoms with Gasteiger partial charge in [-0.1, -0.05) is 49.4 Å². The molecule has 0 saturated heterocycles. The summed E-state index contributed by atoms with van der Waals surface area (Å²) in [6.45, 7) is 3.11. The number of nitrogens with zero attached hydrogens (tertiary/aromatic N) is 1. The molecule has 0 saturated carbocycles. The zero-order valence-electron chi connectivity index (χ0n) is 17.4. The largest absolute Gasteiger partial charge is 0.378 e. The van der Waals surface area contributed by atoms with Gasteiger partial charge in [-0.2, -0.15) is 0 Å². The van der Waals surface area contributed by atoms with E-state index in [1.165, 1.54) is 16.0 Å². The second-order valence-electron chi connectivity index (χ2n) is 7.37. The van der Waals surface area contributed by atoms with Crippen LogP contribution in [-0.4, -0.2) is 26.5 Å². The van der Waals surface area contributed by atoms with E-state index >= 15 is 0 Å². The van der Waals surface area contributed by atoms with Crippen molar-refractivity contribution in [2.75, 3.05) is 25.5 Å². The Bertz CT molecular complexity index is 887. The van der Waals surface area contributed by atoms with Crippen LogP contribution in [-0.2, 0) is 17.8 Å². The molecular formula is C24H30N3OS+. The number of hydrogen-bond acceptors (Lipinski definition) is 3. The lowest BCUT2D eigenvalue weighted by Gasteiger charge is -2.15. The average molecular weight is 409 g/mol. The highest BCUT2D eigenvalue weighted by Crippen LogP contribution is 2.23. The summed E-state index contributed by atoms with van der Waals surface area (Å²) in [4.78, 5) is 15.8. The number of hydrogen-bond donors (Lipinski definition) is 2. The molecule has 0 aliphatic heterocycles. The van der Waals surface area contributed by atoms with Crippen LogP contribution in [0, 0.1) is 0 Å². The molecule has 5 heteroatoms. The lowest BCUT2D eigenvalue weighted by atomic mass is 10.0. The molecule has 3 rings (SSSR count). The van der Waals surface area contributed by atoms with Crippen LogP contribution in [0.3, 0.4) is 0 Å². The summed E-state index contributed by atoms with van der Waals surface area (Å²) in [5.41, 5.74) is 4.82. The Morgan fingerprint density at radius 3 is 2.31 bits per heavy atom. The number of anilines is 1. The van der Waals surface area contributed by atoms with Crippen LogP contribution < -0.4 is 15.5 Å². The maximum absolute atomic E-state index is 12.5. The third kappa shape index (κ3) is 5.92. The first kappa shape index (κ1) is 21.1. The summed E-state index contributed by atoms with van der Waals surface area (Å²) in [6.07, 6.45) is 1.03. The molecule has 4 nitrogen and oxygen atoms in total. The van der Waals surface area contributed by atoms with Gasteiger partial charge in [0.1, 0.15) is 6.04 Å². The van der Waals surface area contributed by atoms with E-state index in [1.54, 1.807) is 11.3 Å². The van der Waals surface area contributed by atoms with Crippen LogP contribution in [0.4, 0.5) is 5.69 Å². The van der Waals surface area contributed by atoms with Gasteiger partial charge in [-0.05, 0) is 41.1 Å². The second kappa shape index (κ2) is 10.2. The summed E-state index contributed by atoms with van der Waals surface area (Å²) < 4.78 is 0. The number of nitrogens with two attached hydrogens (primary N) is 1. The molecular weight excluding hydrogens is 378 g/mol. The summed E-state index contributed by atoms with van der Waals surface area (Å²) in [5.74, 6) is 0.0495. The number of benzene rings is 2. The molecule has 1 aromatic heterocycles. The molecule has 152 valence electrons. The van der Waals surface area contributed by atoms with E-state index in [0.717, 1.165) is 17.7 Å². The van der Waals surface area contributed by atoms with Crippen LogP contribution in [0.25, 0.3) is 0 Å². The van der Waals surface area contributed by atoms with E-state index in [9.17, 15) is 4.79 Å². The predicted molar refractivity (Wildman–Crippen MR) is 121 cm³/mol. The molecule has 0 bridgehead atoms. The number of aryl methyl sites for hydroxylation is 1. The number of nitrogens with one attached hydrogen (secondary N) is 1. The topological polar surface area (TPSA) is 49.0 Å². The Kier molecular flexibility index (Phi) is 7.44. The lowest BCUT2D eigenvalue weighted by molar-refractivity contribution is -0.676. The van der Waals surface area contributed by atoms with Crippen LogP contribution in [0.2, 0.25) is 0 Å². The van der Waals surface area contributed by atoms with Crippen LogP contribution in [0.15, 0.2) is 66.0 Å². The standard InChI is InChI=1S/C24H29N3OS/c1-4-18-7-11-20(12-8-18)24(22-6-5-15-29-22)26-17-23(28)25-16-19-9-13-21(14-10-19)27(2)3/h5-15,24,26H,4,16-17H2,1-3H3,(H,25,28)/p+1/t24-/m1/s1. The first-order valence-corrected chi connectivity index (χ1v) is 10.9. The smallest absolute Gasteiger partial charge is 0.275 e. The van der Waals surface area contributed by atoms with Crippen LogP contribution >= 0.6 is 11.3 Å². The molecule has 1 atom stereocenters. The SMILES string of the molecule is CCc1ccc([C@@H]([NH2+]CC(=O)NCc2ccc(N(C)C)cc2)c2cccs2)cc1. The number of thiophene rings is 1. The summed E-state index contributed by atoms with van der Waals surface area (Å²) in [5, 5.41) is 7.25. The zero-order valence-corrected chi connectivity index (χ0v) is 18.2. The first-order chi connectivity index (χ1) is 14.1. The molecule has 0 spiro atoms. The zero-order chi connectivity index (χ0) is 20.6. The van der Waals surface area contributed by atoms with Gasteiger partial charge in [0, 0.05) is 31.9 Å². The molecule has 0 radical (unpaired) electrons. The highest BCUT2D eigenvalue weighted by molar-refractivity contribution is 7.10. The van der Waals surface area contributed by atoms with E-state index in [4.69, 9.17) is 0 Å². The molecule has 3 N–H and O–H groups in total. The maximum atomic E-state index is 12.5. The third-order valence-corrected chi connectivity index (χ3v) is 6.03. The molecule has 0 fully saturated rings. The molecule has 0 aliphatic carbocycles. The van der Waals surface area contributed by atoms with E-state index in [0.29, 0.717) is 13.1 Å². The van der Waals surface area contributed by atoms with Crippen molar-refractivity contribution in [3.63, 3.8) is 0 Å². The molecule has 1 amide bonds. The van der Waals surface area contributed by atoms with Crippen molar-refractivity contribution in [1.29, 1.82) is 0 Å². The number of rotatable bonds is 9. The molecule has 29 heavy (non-hydrogen) atoms. The normalized spacial score (nSPS) is 11.8. The number of carbonyl (C=O) groups is 1. The fourth-order valence-electron chi connectivity index (χ4n) is 3.26. The predicted octanol–water partition coefficient (Wildman–Crippen LogP) is 3.35. The Hall–Kier alpha value is -2.63. The summed E-state index contributed by atoms with van der Waals surface area (Å²) in [7, 11) is 4.04. The molecule has 2 aromatic carbocycles. The van der Waals surface area contributed by atoms with Gasteiger partial charge in [0.05, 0.1) is 4.88 Å². The first-order valence-electron chi connectivity index (χ1n) is 10.1. The van der Waals surface area contributed by atoms with Crippen molar-refractivity contribution in [3.8, 4) is 0 Å². The van der Waals surface area contributed by atoms with Crippen molar-refractivity contribution >= 4 is 22.9 Å². The van der Waals surface area contributed by atoms with Gasteiger partial charge in [0.2, 0.25) is 0 Å². The van der Waals surface area contributed by atoms with Crippen molar-refractivity contribution in [1.82, 2.24) is 5.32 Å². The quantitative estimate of drug-likeness (QED) is 0.570. The van der Waals surface area contributed by atoms with E-state index in [1.807, 2.05) is 14.1 Å². The van der Waals surface area contributed by atoms with Crippen LogP contribution in [0.5, 0.6) is 0 Å². The molecule has 0 unspecified atom stereocenters. The van der Waals surface area contributed by atoms with Gasteiger partial charge in [-0.3, -0.25) is 4.79 Å². The van der Waals surface area contributed by atoms with Gasteiger partial charge in [-0.25, -0.2) is 0 Å². The molecule has 1 heterocycles. The van der Waals surface area contributed by atoms with Gasteiger partial charge in [-0.15, -0.1) is 11.3 Å². The Morgan fingerprint density at radius 2 is 1.72 bits per heavy atom. The van der Waals surface area contributed by atoms with Gasteiger partial charge < -0.3 is 15.5 Å². The third-order valence-electron chi connectivity index (χ3n) is 5.08. The lowest BCUT2D eigenvalue weighted by Crippen LogP contribution is -2.87. The van der Waals surface area contributed by atoms with Gasteiger partial charge >= 0.3 is 0 Å². The van der Waals surface area contributed by atoms with Gasteiger partial charge in [0.25, 0.3) is 5.91 Å². The highest BCUT2D eigenvalue weighted by Gasteiger charge is 2.20. The Balaban J connectivity index is 1.58. The second-order valence-corrected chi connectivity index (χ2v) is 8.34. The van der Waals surface area contributed by atoms with Crippen molar-refractivity contribution in [3.05, 3.63) is 87.6 Å². The minimum atomic E-state index is 0.0495. The van der Waals surface area contributed by atoms with Crippen LogP contribution in [0.1, 0.15) is 34.5 Å². The molecule has 3 aromatic rings. The van der Waals surface area contributed by atoms with E-state index in [2.05, 4.69) is 88.5 Å². The number of carbonyl (C=O) groups excluding carboxylic acids is 1. The van der Waals surface area contributed by atoms with Crippen molar-refractivity contribution in [2.45, 2.75) is 25.9 Å². The fourth-order valence-corrected chi connectivity index (χ4v) is 4.11. The summed E-state index contributed by atoms with van der Waals surface area (Å²) in [6, 6.07) is 21.3. The average Bonchev–Trinajstić information content (AvgIpc) is 3.27. The van der Waals surface area contributed by atoms with E-state index < -0.39 is 0 Å². The van der Waals surface area contributed by atoms with Gasteiger partial charge in [0.15, 0.2) is 6.54 Å². The highest BCUT2D eigenvalue weighted by atomic mass is 32.1.